The summed E-state index contributed by atoms with van der Waals surface area (Å²) in [6.45, 7) is 0. The summed E-state index contributed by atoms with van der Waals surface area (Å²) in [4.78, 5) is 6.07. The molecule has 1 N–H and O–H groups in total. The van der Waals surface area contributed by atoms with Crippen LogP contribution in [0, 0.1) is 0 Å². The molecule has 0 amide bonds. The van der Waals surface area contributed by atoms with Gasteiger partial charge in [-0.1, -0.05) is 41.3 Å². The first-order chi connectivity index (χ1) is 11.9. The summed E-state index contributed by atoms with van der Waals surface area (Å²) in [7, 11) is -8.54. The first-order valence-electron chi connectivity index (χ1n) is 7.00. The maximum atomic E-state index is 13.1. The smallest absolute Gasteiger partial charge is 0.262 e. The molecule has 142 valence electrons. The van der Waals surface area contributed by atoms with Crippen molar-refractivity contribution in [2.45, 2.75) is 16.5 Å². The molecule has 0 aliphatic heterocycles. The number of hydrogen-bond acceptors (Lipinski definition) is 5. The molecule has 1 atom stereocenters. The number of halogens is 3. The van der Waals surface area contributed by atoms with Gasteiger partial charge in [0.15, 0.2) is 9.84 Å². The van der Waals surface area contributed by atoms with Crippen molar-refractivity contribution in [3.63, 3.8) is 0 Å². The lowest BCUT2D eigenvalue weighted by molar-refractivity contribution is -0.139. The Bertz CT molecular complexity index is 974. The van der Waals surface area contributed by atoms with E-state index < -0.39 is 42.6 Å². The summed E-state index contributed by atoms with van der Waals surface area (Å²) in [5.41, 5.74) is -4.15. The van der Waals surface area contributed by atoms with Crippen LogP contribution in [0.25, 0.3) is 0 Å². The van der Waals surface area contributed by atoms with E-state index in [1.807, 2.05) is 0 Å². The van der Waals surface area contributed by atoms with Crippen molar-refractivity contribution in [3.05, 3.63) is 65.7 Å². The second-order valence-electron chi connectivity index (χ2n) is 5.26. The number of hydrogen-bond donors (Lipinski definition) is 1. The number of rotatable bonds is 6. The van der Waals surface area contributed by atoms with Gasteiger partial charge in [0, 0.05) is 11.8 Å². The Morgan fingerprint density at radius 3 is 2.00 bits per heavy atom. The molecule has 0 aliphatic carbocycles. The second kappa shape index (κ2) is 7.35. The van der Waals surface area contributed by atoms with Crippen LogP contribution in [0.5, 0.6) is 0 Å². The van der Waals surface area contributed by atoms with E-state index in [0.717, 1.165) is 12.1 Å². The Labute approximate surface area is 148 Å². The highest BCUT2D eigenvalue weighted by Gasteiger charge is 2.38. The molecule has 0 aliphatic rings. The van der Waals surface area contributed by atoms with Crippen LogP contribution in [-0.4, -0.2) is 23.1 Å². The van der Waals surface area contributed by atoms with Crippen LogP contribution in [0.15, 0.2) is 59.5 Å². The van der Waals surface area contributed by atoms with Crippen molar-refractivity contribution in [2.24, 2.45) is 0 Å². The van der Waals surface area contributed by atoms with Crippen LogP contribution in [0.3, 0.4) is 0 Å². The molecule has 6 nitrogen and oxygen atoms in total. The predicted molar refractivity (Wildman–Crippen MR) is 86.9 cm³/mol. The molecule has 0 aromatic heterocycles. The van der Waals surface area contributed by atoms with Gasteiger partial charge in [0.1, 0.15) is 0 Å². The summed E-state index contributed by atoms with van der Waals surface area (Å²) in [6, 6.07) is 10.7. The zero-order chi connectivity index (χ0) is 19.6. The van der Waals surface area contributed by atoms with Gasteiger partial charge in [-0.25, -0.2) is 16.8 Å². The lowest BCUT2D eigenvalue weighted by Gasteiger charge is -2.20. The van der Waals surface area contributed by atoms with E-state index in [9.17, 15) is 30.0 Å². The highest BCUT2D eigenvalue weighted by atomic mass is 32.2. The van der Waals surface area contributed by atoms with Gasteiger partial charge in [-0.2, -0.15) is 13.2 Å². The van der Waals surface area contributed by atoms with Gasteiger partial charge in [0.05, 0.1) is 10.5 Å². The van der Waals surface area contributed by atoms with Crippen molar-refractivity contribution < 1.29 is 34.8 Å². The number of sulfone groups is 1. The first-order valence-corrected chi connectivity index (χ1v) is 10.4. The van der Waals surface area contributed by atoms with E-state index in [0.29, 0.717) is 12.3 Å². The van der Waals surface area contributed by atoms with E-state index in [1.54, 1.807) is 11.0 Å². The highest BCUT2D eigenvalue weighted by Crippen LogP contribution is 2.37. The van der Waals surface area contributed by atoms with Crippen LogP contribution in [0.4, 0.5) is 13.2 Å². The van der Waals surface area contributed by atoms with Gasteiger partial charge in [0.25, 0.3) is 10.0 Å². The molecule has 0 fully saturated rings. The van der Waals surface area contributed by atoms with Crippen molar-refractivity contribution in [1.82, 2.24) is 4.89 Å². The normalized spacial score (nSPS) is 14.2. The van der Waals surface area contributed by atoms with E-state index >= 15 is 0 Å². The molecular formula is C15H14F3NO5S2. The number of alkyl halides is 3. The van der Waals surface area contributed by atoms with Crippen LogP contribution < -0.4 is 4.89 Å². The fourth-order valence-corrected chi connectivity index (χ4v) is 3.88. The second-order valence-corrected chi connectivity index (χ2v) is 9.00. The minimum Gasteiger partial charge on any atom is -0.262 e. The third kappa shape index (κ3) is 4.81. The average molecular weight is 409 g/mol. The van der Waals surface area contributed by atoms with Crippen molar-refractivity contribution in [3.8, 4) is 0 Å². The van der Waals surface area contributed by atoms with E-state index in [4.69, 9.17) is 4.84 Å². The minimum absolute atomic E-state index is 0.239. The van der Waals surface area contributed by atoms with Gasteiger partial charge in [0.2, 0.25) is 5.44 Å². The molecule has 2 rings (SSSR count). The zero-order valence-corrected chi connectivity index (χ0v) is 14.9. The number of benzene rings is 2. The molecule has 26 heavy (non-hydrogen) atoms. The summed E-state index contributed by atoms with van der Waals surface area (Å²) >= 11 is 0. The topological polar surface area (TPSA) is 89.5 Å². The standard InChI is InChI=1S/C15H14F3NO5S2/c1-25(20,21)14(12-9-5-6-10-13(12)15(16,17)18)24-19-26(22,23)11-7-3-2-4-8-11/h2-10,14,19H,1H3. The monoisotopic (exact) mass is 409 g/mol. The van der Waals surface area contributed by atoms with Crippen molar-refractivity contribution >= 4 is 19.9 Å². The zero-order valence-electron chi connectivity index (χ0n) is 13.3. The maximum Gasteiger partial charge on any atom is 0.416 e. The predicted octanol–water partition coefficient (Wildman–Crippen LogP) is 2.66. The Hall–Kier alpha value is -1.95. The molecule has 2 aromatic carbocycles. The molecule has 0 heterocycles. The quantitative estimate of drug-likeness (QED) is 0.741. The van der Waals surface area contributed by atoms with Crippen molar-refractivity contribution in [1.29, 1.82) is 0 Å². The lowest BCUT2D eigenvalue weighted by atomic mass is 10.1. The van der Waals surface area contributed by atoms with E-state index in [1.165, 1.54) is 30.3 Å². The van der Waals surface area contributed by atoms with Crippen LogP contribution >= 0.6 is 0 Å². The van der Waals surface area contributed by atoms with E-state index in [-0.39, 0.29) is 4.90 Å². The third-order valence-corrected chi connectivity index (χ3v) is 5.56. The Kier molecular flexibility index (Phi) is 5.76. The average Bonchev–Trinajstić information content (AvgIpc) is 2.54. The largest absolute Gasteiger partial charge is 0.416 e. The third-order valence-electron chi connectivity index (χ3n) is 3.23. The van der Waals surface area contributed by atoms with Gasteiger partial charge < -0.3 is 0 Å². The fourth-order valence-electron chi connectivity index (χ4n) is 2.10. The summed E-state index contributed by atoms with van der Waals surface area (Å²) in [5, 5.41) is 0. The molecule has 11 heteroatoms. The summed E-state index contributed by atoms with van der Waals surface area (Å²) < 4.78 is 87.6. The molecule has 2 aromatic rings. The molecular weight excluding hydrogens is 395 g/mol. The first kappa shape index (κ1) is 20.4. The molecule has 0 spiro atoms. The van der Waals surface area contributed by atoms with Crippen LogP contribution in [-0.2, 0) is 30.9 Å². The highest BCUT2D eigenvalue weighted by molar-refractivity contribution is 7.91. The van der Waals surface area contributed by atoms with E-state index in [2.05, 4.69) is 0 Å². The maximum absolute atomic E-state index is 13.1. The Morgan fingerprint density at radius 2 is 1.46 bits per heavy atom. The van der Waals surface area contributed by atoms with Gasteiger partial charge in [-0.15, -0.1) is 0 Å². The van der Waals surface area contributed by atoms with Crippen LogP contribution in [0.1, 0.15) is 16.6 Å². The Morgan fingerprint density at radius 1 is 0.923 bits per heavy atom. The van der Waals surface area contributed by atoms with Crippen molar-refractivity contribution in [2.75, 3.05) is 6.26 Å². The molecule has 1 unspecified atom stereocenters. The van der Waals surface area contributed by atoms with Gasteiger partial charge >= 0.3 is 6.18 Å². The fraction of sp³-hybridized carbons (Fsp3) is 0.200. The summed E-state index contributed by atoms with van der Waals surface area (Å²) in [5.74, 6) is 0. The summed E-state index contributed by atoms with van der Waals surface area (Å²) in [6.07, 6.45) is -4.21. The lowest BCUT2D eigenvalue weighted by Crippen LogP contribution is -2.30. The number of nitrogens with one attached hydrogen (secondary N) is 1. The van der Waals surface area contributed by atoms with Crippen LogP contribution in [0.2, 0.25) is 0 Å². The van der Waals surface area contributed by atoms with Gasteiger partial charge in [-0.3, -0.25) is 4.84 Å². The molecule has 0 bridgehead atoms. The SMILES string of the molecule is CS(=O)(=O)C(ONS(=O)(=O)c1ccccc1)c1ccccc1C(F)(F)F. The molecule has 0 saturated heterocycles. The number of sulfonamides is 1. The molecule has 0 saturated carbocycles. The molecule has 0 radical (unpaired) electrons. The minimum atomic E-state index is -4.85. The Balaban J connectivity index is 2.41. The van der Waals surface area contributed by atoms with Gasteiger partial charge in [-0.05, 0) is 18.2 Å².